The molecule has 4 rings (SSSR count). The van der Waals surface area contributed by atoms with E-state index in [-0.39, 0.29) is 12.1 Å². The lowest BCUT2D eigenvalue weighted by molar-refractivity contribution is 0.0945. The number of β-amino-alcohol motifs (C(OH)–C–C–N with tert-alkyl or cyclic N) is 1. The number of aromatic amines is 1. The summed E-state index contributed by atoms with van der Waals surface area (Å²) in [5.74, 6) is 0. The van der Waals surface area contributed by atoms with Crippen molar-refractivity contribution in [2.75, 3.05) is 25.5 Å². The Labute approximate surface area is 171 Å². The number of likely N-dealkylation sites (tertiary alicyclic amines) is 1. The number of hydrogen-bond donors (Lipinski definition) is 3. The normalized spacial score (nSPS) is 19.3. The van der Waals surface area contributed by atoms with E-state index in [0.29, 0.717) is 19.6 Å². The number of rotatable bonds is 4. The number of aliphatic hydroxyl groups is 1. The van der Waals surface area contributed by atoms with Crippen molar-refractivity contribution >= 4 is 22.6 Å². The highest BCUT2D eigenvalue weighted by Gasteiger charge is 2.36. The first-order valence-corrected chi connectivity index (χ1v) is 10.00. The summed E-state index contributed by atoms with van der Waals surface area (Å²) >= 11 is 0. The molecule has 3 N–H and O–H groups in total. The van der Waals surface area contributed by atoms with Crippen LogP contribution in [0, 0.1) is 13.8 Å². The van der Waals surface area contributed by atoms with Gasteiger partial charge in [-0.2, -0.15) is 0 Å². The van der Waals surface area contributed by atoms with Gasteiger partial charge in [0.1, 0.15) is 0 Å². The van der Waals surface area contributed by atoms with Gasteiger partial charge in [-0.05, 0) is 44.2 Å². The average Bonchev–Trinajstić information content (AvgIpc) is 3.24. The second-order valence-electron chi connectivity index (χ2n) is 7.97. The molecule has 2 aromatic carbocycles. The number of para-hydroxylation sites is 2. The molecule has 0 saturated carbocycles. The first-order chi connectivity index (χ1) is 13.9. The molecule has 2 heterocycles. The minimum atomic E-state index is -0.577. The van der Waals surface area contributed by atoms with Crippen molar-refractivity contribution in [1.29, 1.82) is 0 Å². The molecule has 2 atom stereocenters. The second kappa shape index (κ2) is 7.89. The SMILES string of the molecule is Cc1ccccc1NC(=O)N1C[C@H](O)[C@@H](N(C)Cc2[nH]c3ccccc3c2C)C1. The quantitative estimate of drug-likeness (QED) is 0.636. The number of amides is 2. The van der Waals surface area contributed by atoms with E-state index in [2.05, 4.69) is 34.3 Å². The van der Waals surface area contributed by atoms with Crippen molar-refractivity contribution in [3.05, 3.63) is 65.4 Å². The zero-order valence-electron chi connectivity index (χ0n) is 17.1. The molecular weight excluding hydrogens is 364 g/mol. The topological polar surface area (TPSA) is 71.6 Å². The third-order valence-corrected chi connectivity index (χ3v) is 5.98. The Balaban J connectivity index is 1.43. The molecule has 1 aliphatic rings. The summed E-state index contributed by atoms with van der Waals surface area (Å²) in [6.45, 7) is 5.60. The van der Waals surface area contributed by atoms with Gasteiger partial charge in [-0.3, -0.25) is 4.90 Å². The molecule has 29 heavy (non-hydrogen) atoms. The third-order valence-electron chi connectivity index (χ3n) is 5.98. The Kier molecular flexibility index (Phi) is 5.30. The van der Waals surface area contributed by atoms with Gasteiger partial charge in [0.05, 0.1) is 18.7 Å². The summed E-state index contributed by atoms with van der Waals surface area (Å²) < 4.78 is 0. The number of aromatic nitrogens is 1. The van der Waals surface area contributed by atoms with Crippen molar-refractivity contribution < 1.29 is 9.90 Å². The fourth-order valence-electron chi connectivity index (χ4n) is 4.14. The van der Waals surface area contributed by atoms with Crippen molar-refractivity contribution in [3.8, 4) is 0 Å². The first-order valence-electron chi connectivity index (χ1n) is 10.00. The second-order valence-corrected chi connectivity index (χ2v) is 7.97. The smallest absolute Gasteiger partial charge is 0.321 e. The van der Waals surface area contributed by atoms with E-state index in [9.17, 15) is 9.90 Å². The summed E-state index contributed by atoms with van der Waals surface area (Å²) in [6.07, 6.45) is -0.577. The van der Waals surface area contributed by atoms with Crippen LogP contribution in [0.1, 0.15) is 16.8 Å². The number of anilines is 1. The van der Waals surface area contributed by atoms with Gasteiger partial charge in [0.15, 0.2) is 0 Å². The van der Waals surface area contributed by atoms with Gasteiger partial charge in [0.2, 0.25) is 0 Å². The van der Waals surface area contributed by atoms with Gasteiger partial charge in [0, 0.05) is 35.4 Å². The maximum absolute atomic E-state index is 12.7. The molecule has 1 fully saturated rings. The minimum Gasteiger partial charge on any atom is -0.390 e. The summed E-state index contributed by atoms with van der Waals surface area (Å²) in [5, 5.41) is 14.8. The maximum Gasteiger partial charge on any atom is 0.321 e. The van der Waals surface area contributed by atoms with Gasteiger partial charge in [-0.1, -0.05) is 36.4 Å². The van der Waals surface area contributed by atoms with Crippen LogP contribution in [0.15, 0.2) is 48.5 Å². The third kappa shape index (κ3) is 3.86. The molecule has 1 aromatic heterocycles. The minimum absolute atomic E-state index is 0.108. The van der Waals surface area contributed by atoms with E-state index in [1.54, 1.807) is 4.90 Å². The summed E-state index contributed by atoms with van der Waals surface area (Å²) in [5.41, 5.74) is 5.32. The molecular formula is C23H28N4O2. The number of benzene rings is 2. The molecule has 0 spiro atoms. The average molecular weight is 393 g/mol. The van der Waals surface area contributed by atoms with Crippen LogP contribution in [0.5, 0.6) is 0 Å². The summed E-state index contributed by atoms with van der Waals surface area (Å²) in [7, 11) is 2.00. The molecule has 6 heteroatoms. The van der Waals surface area contributed by atoms with Crippen LogP contribution in [0.4, 0.5) is 10.5 Å². The molecule has 0 unspecified atom stereocenters. The van der Waals surface area contributed by atoms with Crippen molar-refractivity contribution in [2.45, 2.75) is 32.5 Å². The highest BCUT2D eigenvalue weighted by atomic mass is 16.3. The Morgan fingerprint density at radius 2 is 1.90 bits per heavy atom. The molecule has 152 valence electrons. The zero-order valence-corrected chi connectivity index (χ0v) is 17.1. The fraction of sp³-hybridized carbons (Fsp3) is 0.348. The van der Waals surface area contributed by atoms with E-state index < -0.39 is 6.10 Å². The van der Waals surface area contributed by atoms with E-state index in [4.69, 9.17) is 0 Å². The van der Waals surface area contributed by atoms with E-state index in [0.717, 1.165) is 22.5 Å². The van der Waals surface area contributed by atoms with Crippen LogP contribution in [0.2, 0.25) is 0 Å². The molecule has 2 amide bonds. The number of fused-ring (bicyclic) bond motifs is 1. The van der Waals surface area contributed by atoms with Crippen LogP contribution < -0.4 is 5.32 Å². The number of hydrogen-bond acceptors (Lipinski definition) is 3. The van der Waals surface area contributed by atoms with Crippen LogP contribution in [-0.4, -0.2) is 58.2 Å². The lowest BCUT2D eigenvalue weighted by Crippen LogP contribution is -2.41. The highest BCUT2D eigenvalue weighted by molar-refractivity contribution is 5.90. The standard InChI is InChI=1S/C23H28N4O2/c1-15-8-4-6-10-18(15)25-23(29)27-13-21(22(28)14-27)26(3)12-20-16(2)17-9-5-7-11-19(17)24-20/h4-11,21-22,24,28H,12-14H2,1-3H3,(H,25,29)/t21-,22-/m0/s1. The molecule has 3 aromatic rings. The lowest BCUT2D eigenvalue weighted by atomic mass is 10.1. The van der Waals surface area contributed by atoms with Crippen molar-refractivity contribution in [1.82, 2.24) is 14.8 Å². The number of carbonyl (C=O) groups is 1. The van der Waals surface area contributed by atoms with Crippen LogP contribution in [0.25, 0.3) is 10.9 Å². The molecule has 1 saturated heterocycles. The van der Waals surface area contributed by atoms with Crippen molar-refractivity contribution in [2.24, 2.45) is 0 Å². The predicted octanol–water partition coefficient (Wildman–Crippen LogP) is 3.49. The molecule has 0 bridgehead atoms. The number of carbonyl (C=O) groups excluding carboxylic acids is 1. The number of H-pyrrole nitrogens is 1. The van der Waals surface area contributed by atoms with Gasteiger partial charge < -0.3 is 20.3 Å². The largest absolute Gasteiger partial charge is 0.390 e. The number of aryl methyl sites for hydroxylation is 2. The molecule has 1 aliphatic heterocycles. The number of nitrogens with zero attached hydrogens (tertiary/aromatic N) is 2. The molecule has 6 nitrogen and oxygen atoms in total. The Bertz CT molecular complexity index is 1030. The molecule has 0 aliphatic carbocycles. The Morgan fingerprint density at radius 3 is 2.66 bits per heavy atom. The number of urea groups is 1. The van der Waals surface area contributed by atoms with E-state index in [1.807, 2.05) is 50.4 Å². The number of nitrogens with one attached hydrogen (secondary N) is 2. The zero-order chi connectivity index (χ0) is 20.5. The van der Waals surface area contributed by atoms with Gasteiger partial charge >= 0.3 is 6.03 Å². The van der Waals surface area contributed by atoms with E-state index >= 15 is 0 Å². The Hall–Kier alpha value is -2.83. The molecule has 0 radical (unpaired) electrons. The Morgan fingerprint density at radius 1 is 1.17 bits per heavy atom. The van der Waals surface area contributed by atoms with Crippen LogP contribution in [0.3, 0.4) is 0 Å². The van der Waals surface area contributed by atoms with Gasteiger partial charge in [0.25, 0.3) is 0 Å². The fourth-order valence-corrected chi connectivity index (χ4v) is 4.14. The van der Waals surface area contributed by atoms with Gasteiger partial charge in [-0.15, -0.1) is 0 Å². The summed E-state index contributed by atoms with van der Waals surface area (Å²) in [4.78, 5) is 20.0. The predicted molar refractivity (Wildman–Crippen MR) is 116 cm³/mol. The monoisotopic (exact) mass is 392 g/mol. The number of likely N-dealkylation sites (N-methyl/N-ethyl adjacent to an activating group) is 1. The van der Waals surface area contributed by atoms with Crippen LogP contribution in [-0.2, 0) is 6.54 Å². The highest BCUT2D eigenvalue weighted by Crippen LogP contribution is 2.24. The number of aliphatic hydroxyl groups excluding tert-OH is 1. The maximum atomic E-state index is 12.7. The lowest BCUT2D eigenvalue weighted by Gasteiger charge is -2.26. The van der Waals surface area contributed by atoms with Crippen LogP contribution >= 0.6 is 0 Å². The first kappa shape index (κ1) is 19.5. The van der Waals surface area contributed by atoms with Crippen molar-refractivity contribution in [3.63, 3.8) is 0 Å². The van der Waals surface area contributed by atoms with E-state index in [1.165, 1.54) is 10.9 Å². The summed E-state index contributed by atoms with van der Waals surface area (Å²) in [6, 6.07) is 15.7. The van der Waals surface area contributed by atoms with Gasteiger partial charge in [-0.25, -0.2) is 4.79 Å².